The van der Waals surface area contributed by atoms with Crippen LogP contribution in [0.4, 0.5) is 4.79 Å². The fraction of sp³-hybridized carbons (Fsp3) is 0.722. The summed E-state index contributed by atoms with van der Waals surface area (Å²) < 4.78 is 7.10. The molecule has 1 amide bonds. The van der Waals surface area contributed by atoms with Crippen molar-refractivity contribution < 1.29 is 9.53 Å². The summed E-state index contributed by atoms with van der Waals surface area (Å²) in [5.41, 5.74) is -0.596. The van der Waals surface area contributed by atoms with Crippen LogP contribution in [0.2, 0.25) is 4.34 Å². The van der Waals surface area contributed by atoms with Crippen LogP contribution < -0.4 is 10.6 Å². The van der Waals surface area contributed by atoms with Gasteiger partial charge in [0.25, 0.3) is 0 Å². The Kier molecular flexibility index (Phi) is 7.22. The van der Waals surface area contributed by atoms with Crippen molar-refractivity contribution >= 4 is 45.0 Å². The Morgan fingerprint density at radius 2 is 2.20 bits per heavy atom. The van der Waals surface area contributed by atoms with Gasteiger partial charge in [-0.3, -0.25) is 0 Å². The van der Waals surface area contributed by atoms with E-state index in [0.717, 1.165) is 28.2 Å². The first kappa shape index (κ1) is 21.0. The highest BCUT2D eigenvalue weighted by atomic mass is 79.9. The molecule has 25 heavy (non-hydrogen) atoms. The summed E-state index contributed by atoms with van der Waals surface area (Å²) in [5.74, 6) is 0.482. The standard InChI is InChI=1S/C18H28BrClN2O2S/c1-12-7-5-6-8-18(12,11-21-16(23)24-17(2,3)4)22-10-13-9-14(19)15(20)25-13/h9,12,22H,5-8,10-11H2,1-4H3,(H,21,23). The first-order valence-electron chi connectivity index (χ1n) is 8.77. The fourth-order valence-corrected chi connectivity index (χ4v) is 5.02. The van der Waals surface area contributed by atoms with Crippen molar-refractivity contribution in [3.63, 3.8) is 0 Å². The lowest BCUT2D eigenvalue weighted by molar-refractivity contribution is 0.0479. The lowest BCUT2D eigenvalue weighted by Gasteiger charge is -2.44. The largest absolute Gasteiger partial charge is 0.444 e. The summed E-state index contributed by atoms with van der Waals surface area (Å²) >= 11 is 11.2. The van der Waals surface area contributed by atoms with Gasteiger partial charge in [-0.15, -0.1) is 11.3 Å². The average Bonchev–Trinajstić information content (AvgIpc) is 2.82. The second-order valence-corrected chi connectivity index (χ2v) is 10.4. The number of carbonyl (C=O) groups is 1. The molecular formula is C18H28BrClN2O2S. The van der Waals surface area contributed by atoms with Gasteiger partial charge in [-0.1, -0.05) is 31.4 Å². The van der Waals surface area contributed by atoms with E-state index in [1.165, 1.54) is 17.7 Å². The number of alkyl carbamates (subject to hydrolysis) is 1. The van der Waals surface area contributed by atoms with Crippen LogP contribution in [0.3, 0.4) is 0 Å². The molecule has 0 aromatic carbocycles. The molecule has 1 aliphatic rings. The van der Waals surface area contributed by atoms with E-state index in [-0.39, 0.29) is 11.6 Å². The Balaban J connectivity index is 2.02. The summed E-state index contributed by atoms with van der Waals surface area (Å²) in [6.07, 6.45) is 4.27. The summed E-state index contributed by atoms with van der Waals surface area (Å²) in [4.78, 5) is 13.3. The number of carbonyl (C=O) groups excluding carboxylic acids is 1. The molecule has 0 aliphatic heterocycles. The van der Waals surface area contributed by atoms with Gasteiger partial charge in [-0.2, -0.15) is 0 Å². The first-order valence-corrected chi connectivity index (χ1v) is 10.8. The zero-order valence-corrected chi connectivity index (χ0v) is 18.5. The Hall–Kier alpha value is -0.300. The molecule has 1 fully saturated rings. The molecule has 142 valence electrons. The SMILES string of the molecule is CC1CCCCC1(CNC(=O)OC(C)(C)C)NCc1cc(Br)c(Cl)s1. The first-order chi connectivity index (χ1) is 11.6. The van der Waals surface area contributed by atoms with Crippen LogP contribution in [0.5, 0.6) is 0 Å². The van der Waals surface area contributed by atoms with E-state index in [2.05, 4.69) is 39.6 Å². The Bertz CT molecular complexity index is 583. The second-order valence-electron chi connectivity index (χ2n) is 7.85. The topological polar surface area (TPSA) is 50.4 Å². The Labute approximate surface area is 168 Å². The van der Waals surface area contributed by atoms with E-state index in [4.69, 9.17) is 16.3 Å². The van der Waals surface area contributed by atoms with Crippen molar-refractivity contribution in [2.45, 2.75) is 71.1 Å². The van der Waals surface area contributed by atoms with Crippen LogP contribution in [0.15, 0.2) is 10.5 Å². The number of amides is 1. The molecule has 0 saturated heterocycles. The smallest absolute Gasteiger partial charge is 0.407 e. The molecule has 1 heterocycles. The van der Waals surface area contributed by atoms with Gasteiger partial charge in [0.15, 0.2) is 0 Å². The minimum Gasteiger partial charge on any atom is -0.444 e. The second kappa shape index (κ2) is 8.59. The molecule has 0 bridgehead atoms. The Morgan fingerprint density at radius 3 is 2.76 bits per heavy atom. The van der Waals surface area contributed by atoms with Gasteiger partial charge in [-0.25, -0.2) is 4.79 Å². The maximum Gasteiger partial charge on any atom is 0.407 e. The molecule has 2 rings (SSSR count). The molecule has 1 aromatic rings. The molecule has 0 radical (unpaired) electrons. The van der Waals surface area contributed by atoms with Crippen LogP contribution in [0.1, 0.15) is 58.3 Å². The normalized spacial score (nSPS) is 24.2. The van der Waals surface area contributed by atoms with Gasteiger partial charge in [0.1, 0.15) is 9.94 Å². The maximum atomic E-state index is 12.1. The van der Waals surface area contributed by atoms with Crippen LogP contribution in [0.25, 0.3) is 0 Å². The number of halogens is 2. The van der Waals surface area contributed by atoms with Crippen molar-refractivity contribution in [3.8, 4) is 0 Å². The van der Waals surface area contributed by atoms with Crippen LogP contribution in [-0.4, -0.2) is 23.8 Å². The molecule has 2 N–H and O–H groups in total. The molecule has 4 nitrogen and oxygen atoms in total. The summed E-state index contributed by atoms with van der Waals surface area (Å²) in [6, 6.07) is 2.06. The lowest BCUT2D eigenvalue weighted by atomic mass is 9.73. The summed E-state index contributed by atoms with van der Waals surface area (Å²) in [5, 5.41) is 6.70. The Morgan fingerprint density at radius 1 is 1.48 bits per heavy atom. The summed E-state index contributed by atoms with van der Waals surface area (Å²) in [7, 11) is 0. The maximum absolute atomic E-state index is 12.1. The number of ether oxygens (including phenoxy) is 1. The summed E-state index contributed by atoms with van der Waals surface area (Å²) in [6.45, 7) is 9.21. The van der Waals surface area contributed by atoms with Crippen molar-refractivity contribution in [2.75, 3.05) is 6.54 Å². The third-order valence-electron chi connectivity index (χ3n) is 4.71. The minimum atomic E-state index is -0.483. The predicted octanol–water partition coefficient (Wildman–Crippen LogP) is 5.73. The van der Waals surface area contributed by atoms with Gasteiger partial charge in [-0.05, 0) is 61.5 Å². The van der Waals surface area contributed by atoms with Crippen molar-refractivity contribution in [1.82, 2.24) is 10.6 Å². The predicted molar refractivity (Wildman–Crippen MR) is 108 cm³/mol. The molecule has 0 spiro atoms. The van der Waals surface area contributed by atoms with Crippen LogP contribution >= 0.6 is 38.9 Å². The van der Waals surface area contributed by atoms with E-state index in [1.54, 1.807) is 11.3 Å². The number of thiophene rings is 1. The third kappa shape index (κ3) is 6.12. The molecule has 1 saturated carbocycles. The van der Waals surface area contributed by atoms with Crippen molar-refractivity contribution in [2.24, 2.45) is 5.92 Å². The molecule has 1 aliphatic carbocycles. The van der Waals surface area contributed by atoms with E-state index in [0.29, 0.717) is 12.5 Å². The van der Waals surface area contributed by atoms with Crippen molar-refractivity contribution in [1.29, 1.82) is 0 Å². The molecular weight excluding hydrogens is 424 g/mol. The minimum absolute atomic E-state index is 0.113. The fourth-order valence-electron chi connectivity index (χ4n) is 3.29. The quantitative estimate of drug-likeness (QED) is 0.601. The van der Waals surface area contributed by atoms with Gasteiger partial charge in [0.2, 0.25) is 0 Å². The number of nitrogens with one attached hydrogen (secondary N) is 2. The van der Waals surface area contributed by atoms with Gasteiger partial charge in [0, 0.05) is 28.0 Å². The third-order valence-corrected chi connectivity index (χ3v) is 7.19. The van der Waals surface area contributed by atoms with Gasteiger partial charge in [0.05, 0.1) is 0 Å². The van der Waals surface area contributed by atoms with Crippen LogP contribution in [-0.2, 0) is 11.3 Å². The van der Waals surface area contributed by atoms with E-state index in [9.17, 15) is 4.79 Å². The monoisotopic (exact) mass is 450 g/mol. The van der Waals surface area contributed by atoms with Gasteiger partial charge >= 0.3 is 6.09 Å². The lowest BCUT2D eigenvalue weighted by Crippen LogP contribution is -2.58. The zero-order chi connectivity index (χ0) is 18.7. The van der Waals surface area contributed by atoms with E-state index >= 15 is 0 Å². The highest BCUT2D eigenvalue weighted by Crippen LogP contribution is 2.35. The molecule has 1 aromatic heterocycles. The zero-order valence-electron chi connectivity index (χ0n) is 15.4. The average molecular weight is 452 g/mol. The van der Waals surface area contributed by atoms with Crippen molar-refractivity contribution in [3.05, 3.63) is 19.8 Å². The number of hydrogen-bond acceptors (Lipinski definition) is 4. The van der Waals surface area contributed by atoms with Crippen LogP contribution in [0, 0.1) is 5.92 Å². The van der Waals surface area contributed by atoms with Gasteiger partial charge < -0.3 is 15.4 Å². The molecule has 2 unspecified atom stereocenters. The number of rotatable bonds is 5. The molecule has 2 atom stereocenters. The van der Waals surface area contributed by atoms with E-state index < -0.39 is 5.60 Å². The highest BCUT2D eigenvalue weighted by Gasteiger charge is 2.38. The van der Waals surface area contributed by atoms with E-state index in [1.807, 2.05) is 20.8 Å². The molecule has 7 heteroatoms. The highest BCUT2D eigenvalue weighted by molar-refractivity contribution is 9.10. The number of hydrogen-bond donors (Lipinski definition) is 2.